The Labute approximate surface area is 261 Å². The summed E-state index contributed by atoms with van der Waals surface area (Å²) >= 11 is 0. The molecule has 2 aromatic heterocycles. The van der Waals surface area contributed by atoms with Crippen LogP contribution in [0.15, 0.2) is 103 Å². The third-order valence-electron chi connectivity index (χ3n) is 9.36. The summed E-state index contributed by atoms with van der Waals surface area (Å²) in [6.07, 6.45) is 0. The van der Waals surface area contributed by atoms with E-state index in [2.05, 4.69) is 175 Å². The second-order valence-corrected chi connectivity index (χ2v) is 15.7. The van der Waals surface area contributed by atoms with Crippen LogP contribution in [0.4, 0.5) is 0 Å². The van der Waals surface area contributed by atoms with Crippen LogP contribution in [0.2, 0.25) is 0 Å². The molecule has 0 aliphatic heterocycles. The first-order valence-corrected chi connectivity index (χ1v) is 16.0. The molecule has 0 aliphatic carbocycles. The Hall–Kier alpha value is -4.30. The molecular formula is C42H44N2. The van der Waals surface area contributed by atoms with E-state index in [1.165, 1.54) is 71.7 Å². The van der Waals surface area contributed by atoms with E-state index in [1.54, 1.807) is 0 Å². The number of para-hydroxylation sites is 2. The number of hydrogen-bond donors (Lipinski definition) is 0. The molecule has 0 fully saturated rings. The number of benzene rings is 5. The molecule has 0 saturated heterocycles. The van der Waals surface area contributed by atoms with Crippen molar-refractivity contribution in [2.24, 2.45) is 0 Å². The summed E-state index contributed by atoms with van der Waals surface area (Å²) in [5.74, 6) is 0. The van der Waals surface area contributed by atoms with Crippen molar-refractivity contribution in [3.8, 4) is 11.4 Å². The lowest BCUT2D eigenvalue weighted by atomic mass is 9.86. The smallest absolute Gasteiger partial charge is 0.0541 e. The lowest BCUT2D eigenvalue weighted by Gasteiger charge is -2.23. The van der Waals surface area contributed by atoms with Gasteiger partial charge in [0, 0.05) is 32.9 Å². The molecule has 0 unspecified atom stereocenters. The molecule has 5 aromatic carbocycles. The number of nitrogens with zero attached hydrogens (tertiary/aromatic N) is 2. The van der Waals surface area contributed by atoms with Crippen molar-refractivity contribution in [2.75, 3.05) is 0 Å². The fraction of sp³-hybridized carbons (Fsp3) is 0.286. The summed E-state index contributed by atoms with van der Waals surface area (Å²) in [6.45, 7) is 20.7. The Morgan fingerprint density at radius 3 is 1.09 bits per heavy atom. The van der Waals surface area contributed by atoms with Gasteiger partial charge < -0.3 is 9.13 Å². The second kappa shape index (κ2) is 9.60. The highest BCUT2D eigenvalue weighted by atomic mass is 15.0. The molecule has 2 heterocycles. The summed E-state index contributed by atoms with van der Waals surface area (Å²) in [5, 5.41) is 5.20. The molecule has 0 aliphatic rings. The van der Waals surface area contributed by atoms with E-state index < -0.39 is 0 Å². The lowest BCUT2D eigenvalue weighted by Crippen LogP contribution is -2.13. The van der Waals surface area contributed by atoms with Crippen molar-refractivity contribution >= 4 is 43.6 Å². The summed E-state index contributed by atoms with van der Waals surface area (Å²) < 4.78 is 4.95. The third-order valence-corrected chi connectivity index (χ3v) is 9.36. The normalized spacial score (nSPS) is 13.1. The number of fused-ring (bicyclic) bond motifs is 6. The van der Waals surface area contributed by atoms with Gasteiger partial charge in [-0.3, -0.25) is 0 Å². The Bertz CT molecular complexity index is 2070. The summed E-state index contributed by atoms with van der Waals surface area (Å²) in [4.78, 5) is 0. The van der Waals surface area contributed by atoms with E-state index >= 15 is 0 Å². The standard InChI is InChI=1S/C42H44N2/c1-40(2,3)27-18-20-38-34(24-27)32-14-10-12-16-36(32)43(38)30-22-29(42(7,8)9)23-31(26-30)44-37-17-13-11-15-33(37)35-25-28(41(4,5)6)19-21-39(35)44/h10-26H,1-9H3. The highest BCUT2D eigenvalue weighted by Crippen LogP contribution is 2.40. The maximum Gasteiger partial charge on any atom is 0.0541 e. The molecule has 0 spiro atoms. The van der Waals surface area contributed by atoms with Gasteiger partial charge in [-0.05, 0) is 87.5 Å². The first-order valence-electron chi connectivity index (χ1n) is 16.0. The van der Waals surface area contributed by atoms with E-state index in [1.807, 2.05) is 0 Å². The molecular weight excluding hydrogens is 532 g/mol. The maximum absolute atomic E-state index is 2.47. The van der Waals surface area contributed by atoms with Crippen molar-refractivity contribution in [1.82, 2.24) is 9.13 Å². The molecule has 7 aromatic rings. The first-order chi connectivity index (χ1) is 20.7. The number of rotatable bonds is 2. The van der Waals surface area contributed by atoms with Crippen LogP contribution in [0.1, 0.15) is 79.0 Å². The van der Waals surface area contributed by atoms with Crippen LogP contribution in [0.3, 0.4) is 0 Å². The van der Waals surface area contributed by atoms with Crippen LogP contribution in [-0.4, -0.2) is 9.13 Å². The topological polar surface area (TPSA) is 9.86 Å². The van der Waals surface area contributed by atoms with E-state index in [4.69, 9.17) is 0 Å². The molecule has 0 N–H and O–H groups in total. The van der Waals surface area contributed by atoms with Gasteiger partial charge in [0.1, 0.15) is 0 Å². The quantitative estimate of drug-likeness (QED) is 0.194. The number of hydrogen-bond acceptors (Lipinski definition) is 0. The largest absolute Gasteiger partial charge is 0.309 e. The minimum atomic E-state index is -0.0267. The fourth-order valence-corrected chi connectivity index (χ4v) is 6.72. The molecule has 2 nitrogen and oxygen atoms in total. The third kappa shape index (κ3) is 4.54. The van der Waals surface area contributed by atoms with E-state index in [0.29, 0.717) is 0 Å². The fourth-order valence-electron chi connectivity index (χ4n) is 6.72. The average molecular weight is 577 g/mol. The van der Waals surface area contributed by atoms with Crippen LogP contribution >= 0.6 is 0 Å². The van der Waals surface area contributed by atoms with Crippen LogP contribution < -0.4 is 0 Å². The van der Waals surface area contributed by atoms with Crippen molar-refractivity contribution in [1.29, 1.82) is 0 Å². The summed E-state index contributed by atoms with van der Waals surface area (Å²) in [6, 6.07) is 39.0. The predicted molar refractivity (Wildman–Crippen MR) is 191 cm³/mol. The molecule has 2 heteroatoms. The van der Waals surface area contributed by atoms with Crippen LogP contribution in [0, 0.1) is 0 Å². The first kappa shape index (κ1) is 28.5. The zero-order valence-electron chi connectivity index (χ0n) is 27.7. The van der Waals surface area contributed by atoms with Crippen LogP contribution in [-0.2, 0) is 16.2 Å². The summed E-state index contributed by atoms with van der Waals surface area (Å²) in [5.41, 5.74) is 11.5. The highest BCUT2D eigenvalue weighted by Gasteiger charge is 2.23. The predicted octanol–water partition coefficient (Wildman–Crippen LogP) is 11.8. The van der Waals surface area contributed by atoms with Crippen molar-refractivity contribution < 1.29 is 0 Å². The highest BCUT2D eigenvalue weighted by molar-refractivity contribution is 6.11. The van der Waals surface area contributed by atoms with Gasteiger partial charge in [-0.25, -0.2) is 0 Å². The molecule has 0 saturated carbocycles. The van der Waals surface area contributed by atoms with Crippen molar-refractivity contribution in [3.63, 3.8) is 0 Å². The molecule has 0 atom stereocenters. The van der Waals surface area contributed by atoms with Gasteiger partial charge in [0.2, 0.25) is 0 Å². The lowest BCUT2D eigenvalue weighted by molar-refractivity contribution is 0.589. The Balaban J connectivity index is 1.57. The van der Waals surface area contributed by atoms with E-state index in [0.717, 1.165) is 0 Å². The van der Waals surface area contributed by atoms with Gasteiger partial charge in [0.05, 0.1) is 22.1 Å². The van der Waals surface area contributed by atoms with Gasteiger partial charge in [-0.2, -0.15) is 0 Å². The van der Waals surface area contributed by atoms with E-state index in [-0.39, 0.29) is 16.2 Å². The van der Waals surface area contributed by atoms with Gasteiger partial charge in [0.25, 0.3) is 0 Å². The van der Waals surface area contributed by atoms with Gasteiger partial charge >= 0.3 is 0 Å². The van der Waals surface area contributed by atoms with Gasteiger partial charge in [0.15, 0.2) is 0 Å². The zero-order valence-corrected chi connectivity index (χ0v) is 27.7. The monoisotopic (exact) mass is 576 g/mol. The van der Waals surface area contributed by atoms with Crippen LogP contribution in [0.25, 0.3) is 55.0 Å². The van der Waals surface area contributed by atoms with Crippen LogP contribution in [0.5, 0.6) is 0 Å². The van der Waals surface area contributed by atoms with Gasteiger partial charge in [-0.15, -0.1) is 0 Å². The second-order valence-electron chi connectivity index (χ2n) is 15.7. The molecule has 0 radical (unpaired) electrons. The van der Waals surface area contributed by atoms with Crippen molar-refractivity contribution in [2.45, 2.75) is 78.6 Å². The molecule has 0 amide bonds. The minimum absolute atomic E-state index is 0.0267. The minimum Gasteiger partial charge on any atom is -0.309 e. The summed E-state index contributed by atoms with van der Waals surface area (Å²) in [7, 11) is 0. The SMILES string of the molecule is CC(C)(C)c1cc(-n2c3ccccc3c3cc(C(C)(C)C)ccc32)cc(-n2c3ccccc3c3cc(C(C)(C)C)ccc32)c1. The zero-order chi connectivity index (χ0) is 31.2. The Morgan fingerprint density at radius 1 is 0.341 bits per heavy atom. The Morgan fingerprint density at radius 2 is 0.705 bits per heavy atom. The molecule has 0 bridgehead atoms. The molecule has 222 valence electrons. The average Bonchev–Trinajstić information content (AvgIpc) is 3.48. The molecule has 44 heavy (non-hydrogen) atoms. The van der Waals surface area contributed by atoms with Crippen molar-refractivity contribution in [3.05, 3.63) is 120 Å². The maximum atomic E-state index is 2.47. The molecule has 7 rings (SSSR count). The Kier molecular flexibility index (Phi) is 6.21. The van der Waals surface area contributed by atoms with E-state index in [9.17, 15) is 0 Å². The van der Waals surface area contributed by atoms with Gasteiger partial charge in [-0.1, -0.05) is 111 Å². The number of aromatic nitrogens is 2.